The smallest absolute Gasteiger partial charge is 0.0215 e. The molecule has 0 heteroatoms. The van der Waals surface area contributed by atoms with Crippen molar-refractivity contribution in [3.05, 3.63) is 93.0 Å². The van der Waals surface area contributed by atoms with Crippen LogP contribution in [-0.4, -0.2) is 0 Å². The van der Waals surface area contributed by atoms with Crippen LogP contribution in [0.3, 0.4) is 0 Å². The van der Waals surface area contributed by atoms with Crippen molar-refractivity contribution in [2.24, 2.45) is 0 Å². The number of fused-ring (bicyclic) bond motifs is 3. The predicted octanol–water partition coefficient (Wildman–Crippen LogP) is 16.6. The molecule has 0 heterocycles. The van der Waals surface area contributed by atoms with Gasteiger partial charge in [0.15, 0.2) is 0 Å². The summed E-state index contributed by atoms with van der Waals surface area (Å²) in [4.78, 5) is 0. The van der Waals surface area contributed by atoms with Crippen molar-refractivity contribution in [3.8, 4) is 11.1 Å². The van der Waals surface area contributed by atoms with Crippen molar-refractivity contribution in [2.75, 3.05) is 0 Å². The highest BCUT2D eigenvalue weighted by Crippen LogP contribution is 2.54. The van der Waals surface area contributed by atoms with Crippen molar-refractivity contribution in [3.63, 3.8) is 0 Å². The van der Waals surface area contributed by atoms with Crippen LogP contribution in [0, 0.1) is 27.7 Å². The van der Waals surface area contributed by atoms with Gasteiger partial charge in [-0.3, -0.25) is 0 Å². The summed E-state index contributed by atoms with van der Waals surface area (Å²) < 4.78 is 0. The maximum absolute atomic E-state index is 2.53. The Bertz CT molecular complexity index is 1280. The molecule has 0 saturated carbocycles. The van der Waals surface area contributed by atoms with Crippen molar-refractivity contribution in [1.82, 2.24) is 0 Å². The average molecular weight is 693 g/mol. The molecule has 0 unspecified atom stereocenters. The first kappa shape index (κ1) is 43.1. The zero-order valence-electron chi connectivity index (χ0n) is 35.1. The van der Waals surface area contributed by atoms with Gasteiger partial charge in [-0.1, -0.05) is 203 Å². The molecule has 3 aromatic carbocycles. The third kappa shape index (κ3) is 13.5. The highest BCUT2D eigenvalue weighted by atomic mass is 14.4. The van der Waals surface area contributed by atoms with E-state index < -0.39 is 0 Å². The van der Waals surface area contributed by atoms with Gasteiger partial charge in [0, 0.05) is 5.41 Å². The molecule has 0 saturated heterocycles. The Morgan fingerprint density at radius 1 is 0.373 bits per heavy atom. The van der Waals surface area contributed by atoms with E-state index >= 15 is 0 Å². The fourth-order valence-corrected chi connectivity index (χ4v) is 8.76. The summed E-state index contributed by atoms with van der Waals surface area (Å²) in [5, 5.41) is 0. The lowest BCUT2D eigenvalue weighted by molar-refractivity contribution is 0.397. The maximum Gasteiger partial charge on any atom is 0.0215 e. The Morgan fingerprint density at radius 3 is 1.08 bits per heavy atom. The fraction of sp³-hybridized carbons (Fsp3) is 0.647. The van der Waals surface area contributed by atoms with Crippen molar-refractivity contribution < 1.29 is 0 Å². The van der Waals surface area contributed by atoms with Gasteiger partial charge in [-0.15, -0.1) is 0 Å². The summed E-state index contributed by atoms with van der Waals surface area (Å²) in [6.45, 7) is 18.3. The monoisotopic (exact) mass is 693 g/mol. The van der Waals surface area contributed by atoms with Gasteiger partial charge in [-0.25, -0.2) is 0 Å². The summed E-state index contributed by atoms with van der Waals surface area (Å²) in [5.41, 5.74) is 15.5. The van der Waals surface area contributed by atoms with E-state index in [1.807, 2.05) is 0 Å². The van der Waals surface area contributed by atoms with Crippen LogP contribution in [0.1, 0.15) is 213 Å². The first-order chi connectivity index (χ1) is 24.8. The molecule has 0 fully saturated rings. The summed E-state index contributed by atoms with van der Waals surface area (Å²) in [6.07, 6.45) is 32.7. The molecule has 0 bridgehead atoms. The largest absolute Gasteiger partial charge is 0.0654 e. The minimum Gasteiger partial charge on any atom is -0.0654 e. The number of rotatable bonds is 24. The van der Waals surface area contributed by atoms with Crippen molar-refractivity contribution >= 4 is 0 Å². The zero-order valence-corrected chi connectivity index (χ0v) is 35.1. The fourth-order valence-electron chi connectivity index (χ4n) is 8.76. The summed E-state index contributed by atoms with van der Waals surface area (Å²) in [7, 11) is 0. The molecule has 284 valence electrons. The van der Waals surface area contributed by atoms with Gasteiger partial charge in [0.2, 0.25) is 0 Å². The molecule has 0 aliphatic heterocycles. The Morgan fingerprint density at radius 2 is 0.706 bits per heavy atom. The molecule has 4 rings (SSSR count). The van der Waals surface area contributed by atoms with Crippen LogP contribution in [0.4, 0.5) is 0 Å². The Balaban J connectivity index is 0.000000304. The lowest BCUT2D eigenvalue weighted by Crippen LogP contribution is -2.25. The standard InChI is InChI=1S/C31H46.C20H34/c1-5-7-9-11-13-15-21-31(22-16-14-12-10-8-6-2)29-23-25(3)17-19-27(29)28-20-18-26(4)24-30(28)31;1-5-7-9-11-13-19-15-18(4)20(16-17(19)3)14-12-10-8-6-2/h17-20,23-24H,5-16,21-22H2,1-4H3;15-16H,5-14H2,1-4H3. The predicted molar refractivity (Wildman–Crippen MR) is 230 cm³/mol. The Kier molecular flexibility index (Phi) is 20.3. The lowest BCUT2D eigenvalue weighted by Gasteiger charge is -2.33. The van der Waals surface area contributed by atoms with Gasteiger partial charge in [0.05, 0.1) is 0 Å². The highest BCUT2D eigenvalue weighted by Gasteiger charge is 2.42. The quantitative estimate of drug-likeness (QED) is 0.0820. The molecule has 0 nitrogen and oxygen atoms in total. The molecule has 3 aromatic rings. The van der Waals surface area contributed by atoms with E-state index in [9.17, 15) is 0 Å². The molecule has 1 aliphatic rings. The van der Waals surface area contributed by atoms with Crippen molar-refractivity contribution in [1.29, 1.82) is 0 Å². The molecule has 0 radical (unpaired) electrons. The van der Waals surface area contributed by atoms with E-state index in [0.29, 0.717) is 0 Å². The minimum atomic E-state index is 0.234. The minimum absolute atomic E-state index is 0.234. The second-order valence-electron chi connectivity index (χ2n) is 16.5. The summed E-state index contributed by atoms with van der Waals surface area (Å²) >= 11 is 0. The number of hydrogen-bond acceptors (Lipinski definition) is 0. The zero-order chi connectivity index (χ0) is 36.9. The summed E-state index contributed by atoms with van der Waals surface area (Å²) in [5.74, 6) is 0. The third-order valence-corrected chi connectivity index (χ3v) is 12.0. The maximum atomic E-state index is 2.53. The number of benzene rings is 3. The summed E-state index contributed by atoms with van der Waals surface area (Å²) in [6, 6.07) is 19.4. The Labute approximate surface area is 318 Å². The Hall–Kier alpha value is -2.34. The van der Waals surface area contributed by atoms with Crippen LogP contribution < -0.4 is 0 Å². The lowest BCUT2D eigenvalue weighted by atomic mass is 9.70. The molecular weight excluding hydrogens is 613 g/mol. The van der Waals surface area contributed by atoms with Crippen LogP contribution in [0.25, 0.3) is 11.1 Å². The third-order valence-electron chi connectivity index (χ3n) is 12.0. The van der Waals surface area contributed by atoms with Crippen LogP contribution >= 0.6 is 0 Å². The van der Waals surface area contributed by atoms with E-state index in [-0.39, 0.29) is 5.41 Å². The molecule has 0 N–H and O–H groups in total. The van der Waals surface area contributed by atoms with Gasteiger partial charge in [-0.05, 0) is 111 Å². The van der Waals surface area contributed by atoms with Gasteiger partial charge >= 0.3 is 0 Å². The normalized spacial score (nSPS) is 12.8. The molecule has 0 spiro atoms. The van der Waals surface area contributed by atoms with Gasteiger partial charge in [0.25, 0.3) is 0 Å². The second-order valence-corrected chi connectivity index (χ2v) is 16.5. The molecule has 1 aliphatic carbocycles. The first-order valence-corrected chi connectivity index (χ1v) is 22.1. The van der Waals surface area contributed by atoms with E-state index in [1.165, 1.54) is 187 Å². The van der Waals surface area contributed by atoms with E-state index in [0.717, 1.165) is 0 Å². The van der Waals surface area contributed by atoms with Gasteiger partial charge in [0.1, 0.15) is 0 Å². The van der Waals surface area contributed by atoms with Crippen molar-refractivity contribution in [2.45, 2.75) is 215 Å². The van der Waals surface area contributed by atoms with E-state index in [1.54, 1.807) is 22.3 Å². The van der Waals surface area contributed by atoms with Gasteiger partial charge < -0.3 is 0 Å². The van der Waals surface area contributed by atoms with Gasteiger partial charge in [-0.2, -0.15) is 0 Å². The van der Waals surface area contributed by atoms with Crippen LogP contribution in [0.15, 0.2) is 48.5 Å². The highest BCUT2D eigenvalue weighted by molar-refractivity contribution is 5.81. The molecule has 51 heavy (non-hydrogen) atoms. The molecule has 0 amide bonds. The molecular formula is C51H80. The van der Waals surface area contributed by atoms with E-state index in [4.69, 9.17) is 0 Å². The number of aryl methyl sites for hydroxylation is 6. The first-order valence-electron chi connectivity index (χ1n) is 22.1. The van der Waals surface area contributed by atoms with Crippen LogP contribution in [-0.2, 0) is 18.3 Å². The number of hydrogen-bond donors (Lipinski definition) is 0. The van der Waals surface area contributed by atoms with E-state index in [2.05, 4.69) is 104 Å². The SMILES string of the molecule is CCCCCCCCC1(CCCCCCCC)c2cc(C)ccc2-c2ccc(C)cc21.CCCCCCc1cc(C)c(CCCCCC)cc1C. The second kappa shape index (κ2) is 24.1. The average Bonchev–Trinajstić information content (AvgIpc) is 3.37. The molecule has 0 aromatic heterocycles. The number of unbranched alkanes of at least 4 members (excludes halogenated alkanes) is 16. The molecule has 0 atom stereocenters. The van der Waals surface area contributed by atoms with Crippen LogP contribution in [0.5, 0.6) is 0 Å². The topological polar surface area (TPSA) is 0 Å². The van der Waals surface area contributed by atoms with Crippen LogP contribution in [0.2, 0.25) is 0 Å².